The fraction of sp³-hybridized carbons (Fsp3) is 0.417. The monoisotopic (exact) mass is 397 g/mol. The van der Waals surface area contributed by atoms with Gasteiger partial charge in [-0.15, -0.1) is 0 Å². The molecule has 0 unspecified atom stereocenters. The van der Waals surface area contributed by atoms with E-state index in [1.807, 2.05) is 30.3 Å². The predicted octanol–water partition coefficient (Wildman–Crippen LogP) is 4.55. The van der Waals surface area contributed by atoms with Crippen molar-refractivity contribution >= 4 is 6.08 Å². The van der Waals surface area contributed by atoms with Gasteiger partial charge in [0.15, 0.2) is 0 Å². The molecule has 0 radical (unpaired) electrons. The Morgan fingerprint density at radius 3 is 2.41 bits per heavy atom. The van der Waals surface area contributed by atoms with Crippen LogP contribution in [0.15, 0.2) is 54.3 Å². The van der Waals surface area contributed by atoms with Crippen LogP contribution in [-0.2, 0) is 26.6 Å². The van der Waals surface area contributed by atoms with E-state index in [2.05, 4.69) is 17.0 Å². The van der Waals surface area contributed by atoms with Crippen LogP contribution in [0, 0.1) is 11.7 Å². The molecule has 2 aromatic carbocycles. The molecule has 29 heavy (non-hydrogen) atoms. The first-order chi connectivity index (χ1) is 14.1. The highest BCUT2D eigenvalue weighted by atomic mass is 19.1. The maximum Gasteiger partial charge on any atom is 0.356 e. The summed E-state index contributed by atoms with van der Waals surface area (Å²) in [4.78, 5) is 2.47. The Morgan fingerprint density at radius 1 is 1.03 bits per heavy atom. The Kier molecular flexibility index (Phi) is 5.99. The molecule has 0 bridgehead atoms. The van der Waals surface area contributed by atoms with Gasteiger partial charge < -0.3 is 19.1 Å². The molecule has 0 saturated carbocycles. The van der Waals surface area contributed by atoms with Crippen molar-refractivity contribution in [3.63, 3.8) is 0 Å². The van der Waals surface area contributed by atoms with Gasteiger partial charge >= 0.3 is 5.97 Å². The van der Waals surface area contributed by atoms with Crippen LogP contribution in [0.1, 0.15) is 29.5 Å². The summed E-state index contributed by atoms with van der Waals surface area (Å²) in [6.45, 7) is 3.02. The minimum absolute atomic E-state index is 0.180. The highest BCUT2D eigenvalue weighted by Crippen LogP contribution is 2.41. The lowest BCUT2D eigenvalue weighted by Crippen LogP contribution is -2.40. The molecule has 2 aliphatic rings. The smallest absolute Gasteiger partial charge is 0.356 e. The van der Waals surface area contributed by atoms with Crippen molar-refractivity contribution in [2.45, 2.75) is 25.2 Å². The molecule has 5 heteroatoms. The van der Waals surface area contributed by atoms with Gasteiger partial charge in [-0.25, -0.2) is 4.39 Å². The highest BCUT2D eigenvalue weighted by Gasteiger charge is 2.42. The standard InChI is InChI=1S/C24H28FNO3/c1-27-24(28-2)22-6-4-3-5-20(22)17-23(29-24)19-12-15-26(16-13-19)14-11-18-7-9-21(25)10-8-18/h3-10,17,19H,11-16H2,1-2H3. The minimum atomic E-state index is -1.18. The average Bonchev–Trinajstić information content (AvgIpc) is 2.78. The number of methoxy groups -OCH3 is 2. The van der Waals surface area contributed by atoms with E-state index in [0.29, 0.717) is 5.92 Å². The predicted molar refractivity (Wildman–Crippen MR) is 110 cm³/mol. The zero-order valence-corrected chi connectivity index (χ0v) is 17.1. The highest BCUT2D eigenvalue weighted by molar-refractivity contribution is 5.59. The Hall–Kier alpha value is -2.21. The Bertz CT molecular complexity index is 853. The van der Waals surface area contributed by atoms with E-state index in [1.54, 1.807) is 14.2 Å². The van der Waals surface area contributed by atoms with Crippen LogP contribution in [0.2, 0.25) is 0 Å². The van der Waals surface area contributed by atoms with Gasteiger partial charge in [-0.1, -0.05) is 30.3 Å². The average molecular weight is 397 g/mol. The zero-order valence-electron chi connectivity index (χ0n) is 17.1. The summed E-state index contributed by atoms with van der Waals surface area (Å²) in [5.41, 5.74) is 3.15. The van der Waals surface area contributed by atoms with E-state index in [9.17, 15) is 4.39 Å². The number of nitrogens with zero attached hydrogens (tertiary/aromatic N) is 1. The number of piperidine rings is 1. The Labute approximate surface area is 171 Å². The summed E-state index contributed by atoms with van der Waals surface area (Å²) in [5.74, 6) is -0.0822. The second kappa shape index (κ2) is 8.66. The summed E-state index contributed by atoms with van der Waals surface area (Å²) in [6.07, 6.45) is 5.13. The van der Waals surface area contributed by atoms with E-state index in [4.69, 9.17) is 14.2 Å². The van der Waals surface area contributed by atoms with Crippen molar-refractivity contribution in [1.82, 2.24) is 4.90 Å². The molecule has 2 heterocycles. The normalized spacial score (nSPS) is 19.3. The number of hydrogen-bond donors (Lipinski definition) is 0. The van der Waals surface area contributed by atoms with Gasteiger partial charge in [0.2, 0.25) is 0 Å². The van der Waals surface area contributed by atoms with Crippen LogP contribution in [0.3, 0.4) is 0 Å². The van der Waals surface area contributed by atoms with Crippen LogP contribution < -0.4 is 0 Å². The van der Waals surface area contributed by atoms with E-state index < -0.39 is 5.97 Å². The summed E-state index contributed by atoms with van der Waals surface area (Å²) in [7, 11) is 3.22. The molecule has 4 nitrogen and oxygen atoms in total. The third-order valence-corrected chi connectivity index (χ3v) is 6.00. The topological polar surface area (TPSA) is 30.9 Å². The lowest BCUT2D eigenvalue weighted by atomic mass is 9.91. The first-order valence-corrected chi connectivity index (χ1v) is 10.2. The molecule has 154 valence electrons. The molecule has 1 fully saturated rings. The van der Waals surface area contributed by atoms with Crippen LogP contribution in [0.5, 0.6) is 0 Å². The molecular weight excluding hydrogens is 369 g/mol. The molecule has 0 spiro atoms. The van der Waals surface area contributed by atoms with Crippen molar-refractivity contribution in [2.75, 3.05) is 33.9 Å². The molecule has 2 aliphatic heterocycles. The van der Waals surface area contributed by atoms with Gasteiger partial charge in [-0.3, -0.25) is 0 Å². The van der Waals surface area contributed by atoms with Crippen LogP contribution in [0.25, 0.3) is 6.08 Å². The van der Waals surface area contributed by atoms with Crippen molar-refractivity contribution < 1.29 is 18.6 Å². The number of hydrogen-bond acceptors (Lipinski definition) is 4. The van der Waals surface area contributed by atoms with Crippen LogP contribution in [0.4, 0.5) is 4.39 Å². The number of fused-ring (bicyclic) bond motifs is 1. The van der Waals surface area contributed by atoms with Crippen LogP contribution >= 0.6 is 0 Å². The van der Waals surface area contributed by atoms with Gasteiger partial charge in [-0.05, 0) is 67.8 Å². The zero-order chi connectivity index (χ0) is 20.3. The molecular formula is C24H28FNO3. The first-order valence-electron chi connectivity index (χ1n) is 10.2. The third-order valence-electron chi connectivity index (χ3n) is 6.00. The molecule has 4 rings (SSSR count). The second-order valence-corrected chi connectivity index (χ2v) is 7.69. The SMILES string of the molecule is COC1(OC)OC(C2CCN(CCc3ccc(F)cc3)CC2)=Cc2ccccc21. The Balaban J connectivity index is 1.39. The van der Waals surface area contributed by atoms with Crippen LogP contribution in [-0.4, -0.2) is 38.8 Å². The summed E-state index contributed by atoms with van der Waals surface area (Å²) < 4.78 is 30.7. The minimum Gasteiger partial charge on any atom is -0.440 e. The second-order valence-electron chi connectivity index (χ2n) is 7.69. The van der Waals surface area contributed by atoms with E-state index in [0.717, 1.165) is 55.8 Å². The van der Waals surface area contributed by atoms with Crippen molar-refractivity contribution in [2.24, 2.45) is 5.92 Å². The third kappa shape index (κ3) is 4.22. The van der Waals surface area contributed by atoms with Gasteiger partial charge in [0.05, 0.1) is 5.56 Å². The maximum absolute atomic E-state index is 13.1. The molecule has 1 saturated heterocycles. The largest absolute Gasteiger partial charge is 0.440 e. The fourth-order valence-electron chi connectivity index (χ4n) is 4.26. The van der Waals surface area contributed by atoms with E-state index >= 15 is 0 Å². The maximum atomic E-state index is 13.1. The molecule has 0 atom stereocenters. The number of likely N-dealkylation sites (tertiary alicyclic amines) is 1. The number of benzene rings is 2. The van der Waals surface area contributed by atoms with Crippen molar-refractivity contribution in [1.29, 1.82) is 0 Å². The van der Waals surface area contributed by atoms with Gasteiger partial charge in [0.25, 0.3) is 0 Å². The Morgan fingerprint density at radius 2 is 1.72 bits per heavy atom. The number of allylic oxidation sites excluding steroid dienone is 1. The first kappa shape index (κ1) is 20.1. The van der Waals surface area contributed by atoms with Gasteiger partial charge in [-0.2, -0.15) is 0 Å². The molecule has 2 aromatic rings. The lowest BCUT2D eigenvalue weighted by Gasteiger charge is -2.40. The fourth-order valence-corrected chi connectivity index (χ4v) is 4.26. The molecule has 0 amide bonds. The van der Waals surface area contributed by atoms with Gasteiger partial charge in [0, 0.05) is 26.7 Å². The number of halogens is 1. The lowest BCUT2D eigenvalue weighted by molar-refractivity contribution is -0.363. The van der Waals surface area contributed by atoms with E-state index in [-0.39, 0.29) is 5.82 Å². The number of rotatable bonds is 6. The van der Waals surface area contributed by atoms with Crippen molar-refractivity contribution in [3.05, 3.63) is 76.8 Å². The van der Waals surface area contributed by atoms with E-state index in [1.165, 1.54) is 17.7 Å². The van der Waals surface area contributed by atoms with Gasteiger partial charge in [0.1, 0.15) is 11.6 Å². The number of ether oxygens (including phenoxy) is 3. The summed E-state index contributed by atoms with van der Waals surface area (Å²) >= 11 is 0. The summed E-state index contributed by atoms with van der Waals surface area (Å²) in [5, 5.41) is 0. The summed E-state index contributed by atoms with van der Waals surface area (Å²) in [6, 6.07) is 14.8. The van der Waals surface area contributed by atoms with Crippen molar-refractivity contribution in [3.8, 4) is 0 Å². The molecule has 0 N–H and O–H groups in total. The molecule has 0 aromatic heterocycles. The quantitative estimate of drug-likeness (QED) is 0.669. The molecule has 0 aliphatic carbocycles.